The third-order valence-electron chi connectivity index (χ3n) is 6.46. The number of nitrogens with zero attached hydrogens (tertiary/aromatic N) is 5. The van der Waals surface area contributed by atoms with Crippen LogP contribution in [0.2, 0.25) is 0 Å². The van der Waals surface area contributed by atoms with Gasteiger partial charge < -0.3 is 15.6 Å². The molecule has 37 heavy (non-hydrogen) atoms. The number of aryl methyl sites for hydroxylation is 3. The summed E-state index contributed by atoms with van der Waals surface area (Å²) in [6, 6.07) is 11.6. The molecule has 10 nitrogen and oxygen atoms in total. The van der Waals surface area contributed by atoms with Crippen LogP contribution in [0, 0.1) is 6.92 Å². The summed E-state index contributed by atoms with van der Waals surface area (Å²) in [5.41, 5.74) is 5.11. The highest BCUT2D eigenvalue weighted by atomic mass is 16.2. The molecule has 1 atom stereocenters. The molecule has 0 saturated carbocycles. The number of nitrogens with one attached hydrogen (secondary N) is 3. The molecule has 3 N–H and O–H groups in total. The molecule has 3 aromatic heterocycles. The van der Waals surface area contributed by atoms with Crippen molar-refractivity contribution in [2.45, 2.75) is 45.1 Å². The van der Waals surface area contributed by atoms with E-state index in [-0.39, 0.29) is 17.9 Å². The SMILES string of the molecule is CNC(=O)CCCCC[C@H](NC(=O)c1cc(C)n(C)n1)c1ncc(-c2ccc(-c3ccn(C)n3)cc2)[nH]1. The molecule has 4 rings (SSSR count). The molecule has 3 heterocycles. The second-order valence-corrected chi connectivity index (χ2v) is 9.23. The van der Waals surface area contributed by atoms with Gasteiger partial charge in [0, 0.05) is 45.0 Å². The van der Waals surface area contributed by atoms with E-state index in [0.29, 0.717) is 24.4 Å². The molecule has 0 aliphatic heterocycles. The number of H-pyrrole nitrogens is 1. The van der Waals surface area contributed by atoms with Crippen molar-refractivity contribution in [3.05, 3.63) is 66.0 Å². The van der Waals surface area contributed by atoms with Gasteiger partial charge in [0.1, 0.15) is 11.5 Å². The van der Waals surface area contributed by atoms with E-state index in [1.54, 1.807) is 28.7 Å². The van der Waals surface area contributed by atoms with Crippen molar-refractivity contribution >= 4 is 11.8 Å². The minimum absolute atomic E-state index is 0.0418. The fourth-order valence-corrected chi connectivity index (χ4v) is 4.17. The highest BCUT2D eigenvalue weighted by Crippen LogP contribution is 2.25. The van der Waals surface area contributed by atoms with Crippen LogP contribution in [-0.4, -0.2) is 48.4 Å². The Labute approximate surface area is 216 Å². The number of benzene rings is 1. The number of aromatic amines is 1. The largest absolute Gasteiger partial charge is 0.359 e. The summed E-state index contributed by atoms with van der Waals surface area (Å²) in [6.45, 7) is 1.91. The second-order valence-electron chi connectivity index (χ2n) is 9.23. The zero-order valence-corrected chi connectivity index (χ0v) is 21.8. The molecular weight excluding hydrogens is 468 g/mol. The number of hydrogen-bond donors (Lipinski definition) is 3. The number of unbranched alkanes of at least 4 members (excludes halogenated alkanes) is 2. The van der Waals surface area contributed by atoms with E-state index < -0.39 is 0 Å². The molecule has 0 spiro atoms. The Bertz CT molecular complexity index is 1330. The van der Waals surface area contributed by atoms with Crippen LogP contribution in [0.4, 0.5) is 0 Å². The Morgan fingerprint density at radius 1 is 1.03 bits per heavy atom. The fraction of sp³-hybridized carbons (Fsp3) is 0.370. The van der Waals surface area contributed by atoms with Crippen LogP contribution in [0.5, 0.6) is 0 Å². The molecule has 2 amide bonds. The van der Waals surface area contributed by atoms with Gasteiger partial charge in [-0.1, -0.05) is 37.1 Å². The summed E-state index contributed by atoms with van der Waals surface area (Å²) in [5, 5.41) is 14.5. The van der Waals surface area contributed by atoms with Gasteiger partial charge in [-0.2, -0.15) is 10.2 Å². The first-order valence-corrected chi connectivity index (χ1v) is 12.5. The fourth-order valence-electron chi connectivity index (χ4n) is 4.17. The molecule has 0 aliphatic rings. The van der Waals surface area contributed by atoms with Crippen LogP contribution >= 0.6 is 0 Å². The molecule has 10 heteroatoms. The number of imidazole rings is 1. The van der Waals surface area contributed by atoms with Crippen molar-refractivity contribution in [3.8, 4) is 22.5 Å². The van der Waals surface area contributed by atoms with Crippen LogP contribution in [0.3, 0.4) is 0 Å². The Kier molecular flexibility index (Phi) is 8.17. The van der Waals surface area contributed by atoms with Gasteiger partial charge in [-0.3, -0.25) is 19.0 Å². The maximum Gasteiger partial charge on any atom is 0.272 e. The first kappa shape index (κ1) is 25.9. The molecular formula is C27H34N8O2. The predicted molar refractivity (Wildman–Crippen MR) is 142 cm³/mol. The van der Waals surface area contributed by atoms with Gasteiger partial charge in [0.2, 0.25) is 5.91 Å². The van der Waals surface area contributed by atoms with Crippen molar-refractivity contribution in [2.24, 2.45) is 14.1 Å². The molecule has 0 radical (unpaired) electrons. The molecule has 194 valence electrons. The first-order valence-electron chi connectivity index (χ1n) is 12.5. The van der Waals surface area contributed by atoms with Gasteiger partial charge in [0.25, 0.3) is 5.91 Å². The third-order valence-corrected chi connectivity index (χ3v) is 6.46. The van der Waals surface area contributed by atoms with Gasteiger partial charge in [0.05, 0.1) is 23.6 Å². The standard InChI is InChI=1S/C27H34N8O2/c1-18-16-23(33-35(18)4)27(37)31-22(8-6-5-7-9-25(36)28-2)26-29-17-24(30-26)20-12-10-19(11-13-20)21-14-15-34(3)32-21/h10-17,22H,5-9H2,1-4H3,(H,28,36)(H,29,30)(H,31,37)/t22-/m0/s1. The van der Waals surface area contributed by atoms with E-state index in [9.17, 15) is 9.59 Å². The van der Waals surface area contributed by atoms with Gasteiger partial charge in [0.15, 0.2) is 0 Å². The summed E-state index contributed by atoms with van der Waals surface area (Å²) in [6.07, 6.45) is 7.43. The van der Waals surface area contributed by atoms with Gasteiger partial charge in [-0.15, -0.1) is 0 Å². The summed E-state index contributed by atoms with van der Waals surface area (Å²) in [5.74, 6) is 0.493. The maximum absolute atomic E-state index is 13.0. The normalized spacial score (nSPS) is 11.9. The summed E-state index contributed by atoms with van der Waals surface area (Å²) < 4.78 is 3.46. The van der Waals surface area contributed by atoms with Crippen molar-refractivity contribution in [3.63, 3.8) is 0 Å². The van der Waals surface area contributed by atoms with Gasteiger partial charge >= 0.3 is 0 Å². The maximum atomic E-state index is 13.0. The van der Waals surface area contributed by atoms with Crippen molar-refractivity contribution < 1.29 is 9.59 Å². The lowest BCUT2D eigenvalue weighted by atomic mass is 10.1. The topological polar surface area (TPSA) is 123 Å². The Balaban J connectivity index is 1.47. The van der Waals surface area contributed by atoms with Crippen LogP contribution in [0.1, 0.15) is 60.2 Å². The molecule has 0 unspecified atom stereocenters. The number of carbonyl (C=O) groups is 2. The third kappa shape index (κ3) is 6.52. The lowest BCUT2D eigenvalue weighted by Gasteiger charge is -2.16. The van der Waals surface area contributed by atoms with E-state index in [2.05, 4.69) is 30.8 Å². The number of hydrogen-bond acceptors (Lipinski definition) is 5. The Hall–Kier alpha value is -4.21. The molecule has 0 saturated heterocycles. The van der Waals surface area contributed by atoms with E-state index in [0.717, 1.165) is 47.5 Å². The summed E-state index contributed by atoms with van der Waals surface area (Å²) in [4.78, 5) is 32.5. The summed E-state index contributed by atoms with van der Waals surface area (Å²) >= 11 is 0. The van der Waals surface area contributed by atoms with Crippen LogP contribution in [-0.2, 0) is 18.9 Å². The predicted octanol–water partition coefficient (Wildman–Crippen LogP) is 3.69. The van der Waals surface area contributed by atoms with Crippen LogP contribution in [0.25, 0.3) is 22.5 Å². The van der Waals surface area contributed by atoms with E-state index >= 15 is 0 Å². The second kappa shape index (κ2) is 11.7. The molecule has 4 aromatic rings. The van der Waals surface area contributed by atoms with Gasteiger partial charge in [-0.25, -0.2) is 4.98 Å². The van der Waals surface area contributed by atoms with Crippen molar-refractivity contribution in [2.75, 3.05) is 7.05 Å². The van der Waals surface area contributed by atoms with E-state index in [4.69, 9.17) is 0 Å². The number of carbonyl (C=O) groups excluding carboxylic acids is 2. The lowest BCUT2D eigenvalue weighted by molar-refractivity contribution is -0.120. The smallest absolute Gasteiger partial charge is 0.272 e. The monoisotopic (exact) mass is 502 g/mol. The quantitative estimate of drug-likeness (QED) is 0.270. The zero-order valence-electron chi connectivity index (χ0n) is 21.8. The van der Waals surface area contributed by atoms with Gasteiger partial charge in [-0.05, 0) is 37.5 Å². The first-order chi connectivity index (χ1) is 17.8. The number of amides is 2. The zero-order chi connectivity index (χ0) is 26.4. The minimum Gasteiger partial charge on any atom is -0.359 e. The Morgan fingerprint density at radius 2 is 1.78 bits per heavy atom. The van der Waals surface area contributed by atoms with Crippen molar-refractivity contribution in [1.29, 1.82) is 0 Å². The molecule has 0 aliphatic carbocycles. The average Bonchev–Trinajstić information content (AvgIpc) is 3.63. The highest BCUT2D eigenvalue weighted by Gasteiger charge is 2.21. The van der Waals surface area contributed by atoms with Crippen LogP contribution < -0.4 is 10.6 Å². The molecule has 0 fully saturated rings. The molecule has 0 bridgehead atoms. The van der Waals surface area contributed by atoms with E-state index in [1.807, 2.05) is 57.5 Å². The van der Waals surface area contributed by atoms with Crippen LogP contribution in [0.15, 0.2) is 48.8 Å². The van der Waals surface area contributed by atoms with Crippen molar-refractivity contribution in [1.82, 2.24) is 40.2 Å². The Morgan fingerprint density at radius 3 is 2.43 bits per heavy atom. The molecule has 1 aromatic carbocycles. The highest BCUT2D eigenvalue weighted by molar-refractivity contribution is 5.92. The van der Waals surface area contributed by atoms with E-state index in [1.165, 1.54) is 0 Å². The number of rotatable bonds is 11. The minimum atomic E-state index is -0.309. The average molecular weight is 503 g/mol. The lowest BCUT2D eigenvalue weighted by Crippen LogP contribution is -2.29. The summed E-state index contributed by atoms with van der Waals surface area (Å²) in [7, 11) is 5.36. The number of aromatic nitrogens is 6.